The number of nitrogens with one attached hydrogen (secondary N) is 1. The molecule has 6 heteroatoms. The van der Waals surface area contributed by atoms with E-state index in [4.69, 9.17) is 0 Å². The van der Waals surface area contributed by atoms with E-state index in [-0.39, 0.29) is 18.1 Å². The summed E-state index contributed by atoms with van der Waals surface area (Å²) in [5.74, 6) is 0.616. The van der Waals surface area contributed by atoms with Crippen molar-refractivity contribution in [2.45, 2.75) is 59.2 Å². The van der Waals surface area contributed by atoms with Crippen LogP contribution in [0.15, 0.2) is 23.0 Å². The van der Waals surface area contributed by atoms with E-state index in [2.05, 4.69) is 16.5 Å². The van der Waals surface area contributed by atoms with Crippen LogP contribution in [0.4, 0.5) is 0 Å². The third-order valence-electron chi connectivity index (χ3n) is 4.55. The van der Waals surface area contributed by atoms with Gasteiger partial charge in [-0.3, -0.25) is 9.36 Å². The summed E-state index contributed by atoms with van der Waals surface area (Å²) < 4.78 is 3.00. The quantitative estimate of drug-likeness (QED) is 0.929. The maximum absolute atomic E-state index is 12.4. The fraction of sp³-hybridized carbons (Fsp3) is 0.500. The number of nitrogens with zero attached hydrogens (tertiary/aromatic N) is 3. The van der Waals surface area contributed by atoms with E-state index >= 15 is 0 Å². The monoisotopic (exact) mass is 328 g/mol. The van der Waals surface area contributed by atoms with Crippen molar-refractivity contribution >= 4 is 5.91 Å². The van der Waals surface area contributed by atoms with Crippen LogP contribution in [0.2, 0.25) is 0 Å². The maximum atomic E-state index is 12.4. The summed E-state index contributed by atoms with van der Waals surface area (Å²) in [5, 5.41) is 7.22. The Balaban J connectivity index is 1.64. The summed E-state index contributed by atoms with van der Waals surface area (Å²) in [6, 6.07) is 6.15. The number of aromatic nitrogens is 3. The smallest absolute Gasteiger partial charge is 0.346 e. The van der Waals surface area contributed by atoms with E-state index in [1.54, 1.807) is 4.57 Å². The number of aryl methyl sites for hydroxylation is 3. The minimum absolute atomic E-state index is 0.0241. The molecule has 0 saturated carbocycles. The molecule has 0 aliphatic carbocycles. The largest absolute Gasteiger partial charge is 0.350 e. The molecule has 0 unspecified atom stereocenters. The Bertz CT molecular complexity index is 804. The zero-order valence-electron chi connectivity index (χ0n) is 14.3. The van der Waals surface area contributed by atoms with Crippen LogP contribution in [0.1, 0.15) is 41.8 Å². The van der Waals surface area contributed by atoms with Crippen molar-refractivity contribution in [1.82, 2.24) is 19.7 Å². The van der Waals surface area contributed by atoms with Crippen LogP contribution in [0.25, 0.3) is 0 Å². The molecule has 1 aromatic heterocycles. The molecule has 0 spiro atoms. The lowest BCUT2D eigenvalue weighted by molar-refractivity contribution is -0.122. The number of carbonyl (C=O) groups is 1. The number of rotatable bonds is 4. The van der Waals surface area contributed by atoms with Crippen molar-refractivity contribution < 1.29 is 4.79 Å². The molecule has 0 bridgehead atoms. The average Bonchev–Trinajstić information content (AvgIpc) is 2.72. The van der Waals surface area contributed by atoms with Gasteiger partial charge < -0.3 is 5.32 Å². The first-order valence-electron chi connectivity index (χ1n) is 8.54. The first-order valence-corrected chi connectivity index (χ1v) is 8.54. The predicted molar refractivity (Wildman–Crippen MR) is 91.8 cm³/mol. The maximum Gasteiger partial charge on any atom is 0.346 e. The van der Waals surface area contributed by atoms with Gasteiger partial charge in [0.05, 0.1) is 0 Å². The van der Waals surface area contributed by atoms with Gasteiger partial charge in [-0.15, -0.1) is 0 Å². The van der Waals surface area contributed by atoms with Crippen LogP contribution in [-0.4, -0.2) is 20.3 Å². The van der Waals surface area contributed by atoms with Crippen LogP contribution >= 0.6 is 0 Å². The number of amides is 1. The molecule has 1 aromatic carbocycles. The van der Waals surface area contributed by atoms with Crippen LogP contribution in [0.3, 0.4) is 0 Å². The van der Waals surface area contributed by atoms with Crippen molar-refractivity contribution in [2.24, 2.45) is 0 Å². The zero-order valence-corrected chi connectivity index (χ0v) is 14.3. The van der Waals surface area contributed by atoms with Crippen LogP contribution < -0.4 is 11.0 Å². The zero-order chi connectivity index (χ0) is 17.1. The molecule has 1 N–H and O–H groups in total. The third-order valence-corrected chi connectivity index (χ3v) is 4.55. The highest BCUT2D eigenvalue weighted by Gasteiger charge is 2.17. The molecular weight excluding hydrogens is 304 g/mol. The van der Waals surface area contributed by atoms with E-state index in [0.29, 0.717) is 13.1 Å². The molecule has 0 radical (unpaired) electrons. The van der Waals surface area contributed by atoms with Crippen molar-refractivity contribution in [2.75, 3.05) is 0 Å². The average molecular weight is 328 g/mol. The molecule has 6 nitrogen and oxygen atoms in total. The first kappa shape index (κ1) is 16.5. The van der Waals surface area contributed by atoms with Gasteiger partial charge in [-0.1, -0.05) is 30.2 Å². The molecule has 0 atom stereocenters. The molecule has 24 heavy (non-hydrogen) atoms. The van der Waals surface area contributed by atoms with Crippen LogP contribution in [0.5, 0.6) is 0 Å². The highest BCUT2D eigenvalue weighted by Crippen LogP contribution is 2.11. The molecule has 0 saturated heterocycles. The molecule has 1 aliphatic rings. The van der Waals surface area contributed by atoms with Gasteiger partial charge in [0.15, 0.2) is 0 Å². The number of hydrogen-bond acceptors (Lipinski definition) is 3. The summed E-state index contributed by atoms with van der Waals surface area (Å²) in [4.78, 5) is 24.5. The second-order valence-electron chi connectivity index (χ2n) is 6.53. The van der Waals surface area contributed by atoms with E-state index in [0.717, 1.165) is 42.6 Å². The number of benzene rings is 1. The predicted octanol–water partition coefficient (Wildman–Crippen LogP) is 1.70. The Kier molecular flexibility index (Phi) is 4.83. The van der Waals surface area contributed by atoms with Crippen molar-refractivity contribution in [1.29, 1.82) is 0 Å². The first-order chi connectivity index (χ1) is 11.5. The van der Waals surface area contributed by atoms with Gasteiger partial charge >= 0.3 is 5.69 Å². The molecule has 2 aromatic rings. The van der Waals surface area contributed by atoms with E-state index in [9.17, 15) is 9.59 Å². The summed E-state index contributed by atoms with van der Waals surface area (Å²) in [7, 11) is 0. The van der Waals surface area contributed by atoms with Gasteiger partial charge in [0.1, 0.15) is 12.4 Å². The summed E-state index contributed by atoms with van der Waals surface area (Å²) >= 11 is 0. The van der Waals surface area contributed by atoms with Crippen molar-refractivity contribution in [3.8, 4) is 0 Å². The van der Waals surface area contributed by atoms with Gasteiger partial charge in [0.25, 0.3) is 0 Å². The molecular formula is C18H24N4O2. The lowest BCUT2D eigenvalue weighted by atomic mass is 10.1. The van der Waals surface area contributed by atoms with Crippen LogP contribution in [0, 0.1) is 13.8 Å². The van der Waals surface area contributed by atoms with E-state index in [1.807, 2.05) is 26.0 Å². The molecule has 0 fully saturated rings. The minimum Gasteiger partial charge on any atom is -0.350 e. The molecule has 3 rings (SSSR count). The van der Waals surface area contributed by atoms with E-state index < -0.39 is 0 Å². The number of hydrogen-bond donors (Lipinski definition) is 1. The normalized spacial score (nSPS) is 14.1. The fourth-order valence-corrected chi connectivity index (χ4v) is 3.16. The lowest BCUT2D eigenvalue weighted by Crippen LogP contribution is -2.33. The Labute approximate surface area is 141 Å². The number of fused-ring (bicyclic) bond motifs is 1. The Hall–Kier alpha value is -2.37. The van der Waals surface area contributed by atoms with Gasteiger partial charge in [0.2, 0.25) is 5.91 Å². The molecule has 2 heterocycles. The summed E-state index contributed by atoms with van der Waals surface area (Å²) in [6.07, 6.45) is 3.98. The van der Waals surface area contributed by atoms with Gasteiger partial charge in [-0.25, -0.2) is 9.48 Å². The van der Waals surface area contributed by atoms with Crippen molar-refractivity contribution in [3.05, 3.63) is 51.2 Å². The van der Waals surface area contributed by atoms with Crippen LogP contribution in [-0.2, 0) is 30.8 Å². The van der Waals surface area contributed by atoms with Crippen molar-refractivity contribution in [3.63, 3.8) is 0 Å². The van der Waals surface area contributed by atoms with Gasteiger partial charge in [-0.2, -0.15) is 5.10 Å². The topological polar surface area (TPSA) is 68.9 Å². The third kappa shape index (κ3) is 3.58. The molecule has 128 valence electrons. The standard InChI is InChI=1S/C18H24N4O2/c1-13-7-8-15(14(2)10-13)11-19-17(23)12-22-18(24)21-9-5-3-4-6-16(21)20-22/h7-8,10H,3-6,9,11-12H2,1-2H3,(H,19,23). The van der Waals surface area contributed by atoms with Gasteiger partial charge in [-0.05, 0) is 37.8 Å². The molecule has 1 amide bonds. The molecule has 1 aliphatic heterocycles. The van der Waals surface area contributed by atoms with Gasteiger partial charge in [0, 0.05) is 19.5 Å². The highest BCUT2D eigenvalue weighted by molar-refractivity contribution is 5.75. The minimum atomic E-state index is -0.190. The second kappa shape index (κ2) is 7.03. The summed E-state index contributed by atoms with van der Waals surface area (Å²) in [5.41, 5.74) is 3.27. The summed E-state index contributed by atoms with van der Waals surface area (Å²) in [6.45, 7) is 5.23. The highest BCUT2D eigenvalue weighted by atomic mass is 16.2. The van der Waals surface area contributed by atoms with E-state index in [1.165, 1.54) is 10.2 Å². The number of carbonyl (C=O) groups excluding carboxylic acids is 1. The Morgan fingerprint density at radius 3 is 2.88 bits per heavy atom. The Morgan fingerprint density at radius 2 is 2.08 bits per heavy atom. The lowest BCUT2D eigenvalue weighted by Gasteiger charge is -2.08. The Morgan fingerprint density at radius 1 is 1.25 bits per heavy atom. The second-order valence-corrected chi connectivity index (χ2v) is 6.53. The SMILES string of the molecule is Cc1ccc(CNC(=O)Cn2nc3n(c2=O)CCCCC3)c(C)c1. The fourth-order valence-electron chi connectivity index (χ4n) is 3.16.